The zero-order valence-corrected chi connectivity index (χ0v) is 20.6. The fourth-order valence-electron chi connectivity index (χ4n) is 3.70. The molecule has 0 spiro atoms. The summed E-state index contributed by atoms with van der Waals surface area (Å²) >= 11 is 0. The molecule has 34 heavy (non-hydrogen) atoms. The lowest BCUT2D eigenvalue weighted by atomic mass is 9.86. The maximum absolute atomic E-state index is 12.0. The van der Waals surface area contributed by atoms with Gasteiger partial charge in [0.2, 0.25) is 5.91 Å². The monoisotopic (exact) mass is 485 g/mol. The van der Waals surface area contributed by atoms with E-state index in [0.29, 0.717) is 19.3 Å². The first kappa shape index (κ1) is 30.3. The van der Waals surface area contributed by atoms with E-state index in [1.807, 2.05) is 19.1 Å². The molecule has 1 rings (SSSR count). The van der Waals surface area contributed by atoms with Crippen LogP contribution >= 0.6 is 0 Å². The second-order valence-corrected chi connectivity index (χ2v) is 9.29. The highest BCUT2D eigenvalue weighted by molar-refractivity contribution is 5.82. The Morgan fingerprint density at radius 1 is 1.09 bits per heavy atom. The molecule has 9 nitrogen and oxygen atoms in total. The number of hydrogen-bond acceptors (Lipinski definition) is 8. The van der Waals surface area contributed by atoms with Crippen LogP contribution in [-0.4, -0.2) is 76.0 Å². The molecule has 1 aliphatic heterocycles. The molecule has 1 amide bonds. The van der Waals surface area contributed by atoms with Crippen LogP contribution in [0, 0.1) is 11.8 Å². The summed E-state index contributed by atoms with van der Waals surface area (Å²) in [5.74, 6) is -1.26. The van der Waals surface area contributed by atoms with Crippen LogP contribution in [0.2, 0.25) is 0 Å². The van der Waals surface area contributed by atoms with Crippen LogP contribution in [0.3, 0.4) is 0 Å². The Hall–Kier alpha value is -1.78. The number of nitrogens with two attached hydrogens (primary N) is 1. The normalized spacial score (nSPS) is 26.3. The van der Waals surface area contributed by atoms with Gasteiger partial charge in [-0.3, -0.25) is 4.79 Å². The van der Waals surface area contributed by atoms with Crippen LogP contribution in [0.25, 0.3) is 0 Å². The average molecular weight is 486 g/mol. The number of carbonyl (C=O) groups excluding carboxylic acids is 2. The van der Waals surface area contributed by atoms with Crippen molar-refractivity contribution in [3.63, 3.8) is 0 Å². The van der Waals surface area contributed by atoms with Crippen molar-refractivity contribution in [1.29, 1.82) is 0 Å². The molecule has 0 aliphatic carbocycles. The molecule has 0 aromatic carbocycles. The quantitative estimate of drug-likeness (QED) is 0.101. The molecule has 7 atom stereocenters. The Kier molecular flexibility index (Phi) is 14.2. The summed E-state index contributed by atoms with van der Waals surface area (Å²) in [4.78, 5) is 22.7. The van der Waals surface area contributed by atoms with E-state index < -0.39 is 36.5 Å². The molecule has 0 saturated carbocycles. The Morgan fingerprint density at radius 2 is 1.74 bits per heavy atom. The number of allylic oxidation sites excluding steroid dienone is 1. The average Bonchev–Trinajstić information content (AvgIpc) is 2.77. The minimum Gasteiger partial charge on any atom is -0.463 e. The lowest BCUT2D eigenvalue weighted by molar-refractivity contribution is -0.187. The van der Waals surface area contributed by atoms with Crippen LogP contribution in [-0.2, 0) is 19.1 Å². The fourth-order valence-corrected chi connectivity index (χ4v) is 3.70. The van der Waals surface area contributed by atoms with Crippen molar-refractivity contribution in [3.05, 3.63) is 23.8 Å². The van der Waals surface area contributed by atoms with Gasteiger partial charge in [-0.05, 0) is 44.6 Å². The van der Waals surface area contributed by atoms with E-state index in [0.717, 1.165) is 25.7 Å². The molecular formula is C25H43NO8. The molecule has 196 valence electrons. The van der Waals surface area contributed by atoms with Gasteiger partial charge < -0.3 is 35.6 Å². The number of primary amides is 1. The summed E-state index contributed by atoms with van der Waals surface area (Å²) in [5, 5.41) is 41.1. The van der Waals surface area contributed by atoms with Crippen LogP contribution < -0.4 is 5.73 Å². The highest BCUT2D eigenvalue weighted by Crippen LogP contribution is 2.27. The van der Waals surface area contributed by atoms with Crippen molar-refractivity contribution in [2.75, 3.05) is 13.2 Å². The van der Waals surface area contributed by atoms with Gasteiger partial charge in [-0.15, -0.1) is 0 Å². The molecule has 1 aliphatic rings. The predicted molar refractivity (Wildman–Crippen MR) is 127 cm³/mol. The number of carbonyl (C=O) groups is 2. The second kappa shape index (κ2) is 16.0. The third-order valence-electron chi connectivity index (χ3n) is 6.25. The van der Waals surface area contributed by atoms with Crippen LogP contribution in [0.15, 0.2) is 23.8 Å². The molecule has 0 unspecified atom stereocenters. The lowest BCUT2D eigenvalue weighted by Crippen LogP contribution is -2.54. The number of aliphatic hydroxyl groups excluding tert-OH is 4. The topological polar surface area (TPSA) is 160 Å². The summed E-state index contributed by atoms with van der Waals surface area (Å²) in [6, 6.07) is 0. The van der Waals surface area contributed by atoms with E-state index >= 15 is 0 Å². The minimum atomic E-state index is -1.31. The van der Waals surface area contributed by atoms with Crippen molar-refractivity contribution in [2.24, 2.45) is 17.6 Å². The fraction of sp³-hybridized carbons (Fsp3) is 0.760. The first-order valence-electron chi connectivity index (χ1n) is 12.2. The maximum atomic E-state index is 12.0. The summed E-state index contributed by atoms with van der Waals surface area (Å²) in [6.45, 7) is 5.51. The Balaban J connectivity index is 2.41. The van der Waals surface area contributed by atoms with Crippen molar-refractivity contribution in [3.8, 4) is 0 Å². The number of hydrogen-bond donors (Lipinski definition) is 5. The van der Waals surface area contributed by atoms with E-state index in [9.17, 15) is 30.0 Å². The number of aliphatic hydroxyl groups is 4. The molecule has 1 heterocycles. The van der Waals surface area contributed by atoms with Crippen molar-refractivity contribution < 1.29 is 39.5 Å². The summed E-state index contributed by atoms with van der Waals surface area (Å²) in [6.07, 6.45) is 4.66. The van der Waals surface area contributed by atoms with Crippen molar-refractivity contribution in [2.45, 2.75) is 96.2 Å². The van der Waals surface area contributed by atoms with E-state index in [1.54, 1.807) is 13.8 Å². The van der Waals surface area contributed by atoms with Gasteiger partial charge in [0.15, 0.2) is 0 Å². The standard InChI is InChI=1S/C25H43NO8/c1-16(18(3)27)10-9-11-19-15-34-25(24(32)23(19)31)22(30)17(2)14-21(29)33-13-8-6-4-5-7-12-20(26)28/h9-10,14,16,18-19,22-25,27,30-32H,4-8,11-13,15H2,1-3H3,(H2,26,28)/b10-9+,17-14+/t16-,18-,19+,22-,23-,24-,25+/m1/s1. The van der Waals surface area contributed by atoms with Gasteiger partial charge in [-0.1, -0.05) is 38.3 Å². The van der Waals surface area contributed by atoms with Gasteiger partial charge in [0.25, 0.3) is 0 Å². The molecule has 0 aromatic heterocycles. The smallest absolute Gasteiger partial charge is 0.330 e. The molecule has 6 N–H and O–H groups in total. The Morgan fingerprint density at radius 3 is 2.38 bits per heavy atom. The van der Waals surface area contributed by atoms with Crippen molar-refractivity contribution >= 4 is 11.9 Å². The number of esters is 1. The first-order chi connectivity index (χ1) is 16.0. The van der Waals surface area contributed by atoms with Gasteiger partial charge >= 0.3 is 5.97 Å². The second-order valence-electron chi connectivity index (χ2n) is 9.29. The molecule has 1 fully saturated rings. The van der Waals surface area contributed by atoms with Crippen LogP contribution in [0.4, 0.5) is 0 Å². The van der Waals surface area contributed by atoms with E-state index in [-0.39, 0.29) is 36.5 Å². The minimum absolute atomic E-state index is 0.0260. The Labute approximate surface area is 202 Å². The predicted octanol–water partition coefficient (Wildman–Crippen LogP) is 1.36. The number of rotatable bonds is 15. The largest absolute Gasteiger partial charge is 0.463 e. The number of ether oxygens (including phenoxy) is 2. The zero-order chi connectivity index (χ0) is 25.7. The summed E-state index contributed by atoms with van der Waals surface area (Å²) < 4.78 is 10.8. The summed E-state index contributed by atoms with van der Waals surface area (Å²) in [5.41, 5.74) is 5.36. The summed E-state index contributed by atoms with van der Waals surface area (Å²) in [7, 11) is 0. The van der Waals surface area contributed by atoms with E-state index in [4.69, 9.17) is 15.2 Å². The van der Waals surface area contributed by atoms with Crippen LogP contribution in [0.1, 0.15) is 65.7 Å². The SMILES string of the molecule is C/C(=C\C(=O)OCCCCCCCC(N)=O)[C@@H](O)[C@@H]1OC[C@H](C/C=C/[C@@H](C)[C@@H](C)O)[C@@H](O)[C@H]1O. The Bertz CT molecular complexity index is 678. The van der Waals surface area contributed by atoms with E-state index in [2.05, 4.69) is 0 Å². The third kappa shape index (κ3) is 11.1. The molecule has 0 aromatic rings. The zero-order valence-electron chi connectivity index (χ0n) is 20.6. The number of unbranched alkanes of at least 4 members (excludes halogenated alkanes) is 4. The first-order valence-corrected chi connectivity index (χ1v) is 12.2. The van der Waals surface area contributed by atoms with Gasteiger partial charge in [0.1, 0.15) is 18.3 Å². The lowest BCUT2D eigenvalue weighted by Gasteiger charge is -2.39. The highest BCUT2D eigenvalue weighted by Gasteiger charge is 2.41. The van der Waals surface area contributed by atoms with Gasteiger partial charge in [0, 0.05) is 18.4 Å². The highest BCUT2D eigenvalue weighted by atomic mass is 16.5. The molecule has 9 heteroatoms. The van der Waals surface area contributed by atoms with E-state index in [1.165, 1.54) is 6.08 Å². The maximum Gasteiger partial charge on any atom is 0.330 e. The molecule has 0 radical (unpaired) electrons. The van der Waals surface area contributed by atoms with Crippen molar-refractivity contribution in [1.82, 2.24) is 0 Å². The molecular weight excluding hydrogens is 442 g/mol. The number of amides is 1. The van der Waals surface area contributed by atoms with Crippen LogP contribution in [0.5, 0.6) is 0 Å². The molecule has 0 bridgehead atoms. The van der Waals surface area contributed by atoms with Gasteiger partial charge in [0.05, 0.1) is 25.4 Å². The van der Waals surface area contributed by atoms with Gasteiger partial charge in [-0.25, -0.2) is 4.79 Å². The molecule has 1 saturated heterocycles. The van der Waals surface area contributed by atoms with Gasteiger partial charge in [-0.2, -0.15) is 0 Å². The third-order valence-corrected chi connectivity index (χ3v) is 6.25.